The molecule has 1 amide bonds. The number of alkyl halides is 3. The fourth-order valence-electron chi connectivity index (χ4n) is 3.73. The number of methoxy groups -OCH3 is 1. The lowest BCUT2D eigenvalue weighted by Crippen LogP contribution is -2.45. The lowest BCUT2D eigenvalue weighted by Gasteiger charge is -2.33. The Balaban J connectivity index is 1.39. The van der Waals surface area contributed by atoms with E-state index in [0.717, 1.165) is 17.0 Å². The highest BCUT2D eigenvalue weighted by atomic mass is 19.4. The third-order valence-corrected chi connectivity index (χ3v) is 5.34. The molecule has 0 unspecified atom stereocenters. The molecule has 0 radical (unpaired) electrons. The molecule has 0 aliphatic carbocycles. The van der Waals surface area contributed by atoms with Crippen molar-refractivity contribution in [2.75, 3.05) is 25.1 Å². The maximum Gasteiger partial charge on any atom is 0.433 e. The van der Waals surface area contributed by atoms with Gasteiger partial charge in [-0.3, -0.25) is 4.79 Å². The number of rotatable bonds is 4. The summed E-state index contributed by atoms with van der Waals surface area (Å²) in [5.41, 5.74) is 0.312. The van der Waals surface area contributed by atoms with Gasteiger partial charge in [0, 0.05) is 42.2 Å². The number of ether oxygens (including phenoxy) is 1. The van der Waals surface area contributed by atoms with Crippen molar-refractivity contribution in [1.82, 2.24) is 20.3 Å². The Morgan fingerprint density at radius 3 is 2.61 bits per heavy atom. The van der Waals surface area contributed by atoms with Gasteiger partial charge in [0.15, 0.2) is 0 Å². The molecule has 0 saturated carbocycles. The first-order valence-electron chi connectivity index (χ1n) is 9.88. The SMILES string of the molecule is COc1ccc2cc(C(=O)NC3CCN(c4cc(C(F)(F)F)nc(C)n4)CC3)[nH]c2c1. The highest BCUT2D eigenvalue weighted by Gasteiger charge is 2.34. The fraction of sp³-hybridized carbons (Fsp3) is 0.381. The van der Waals surface area contributed by atoms with Crippen molar-refractivity contribution in [2.24, 2.45) is 0 Å². The number of hydrogen-bond donors (Lipinski definition) is 2. The number of piperidine rings is 1. The Morgan fingerprint density at radius 1 is 1.19 bits per heavy atom. The Labute approximate surface area is 176 Å². The summed E-state index contributed by atoms with van der Waals surface area (Å²) in [5.74, 6) is 0.818. The number of amides is 1. The summed E-state index contributed by atoms with van der Waals surface area (Å²) in [6.07, 6.45) is -3.31. The van der Waals surface area contributed by atoms with Crippen LogP contribution < -0.4 is 15.0 Å². The van der Waals surface area contributed by atoms with Gasteiger partial charge < -0.3 is 19.9 Å². The van der Waals surface area contributed by atoms with Crippen molar-refractivity contribution in [1.29, 1.82) is 0 Å². The van der Waals surface area contributed by atoms with Crippen LogP contribution in [0.3, 0.4) is 0 Å². The standard InChI is InChI=1S/C21H22F3N5O2/c1-12-25-18(21(22,23)24)11-19(26-12)29-7-5-14(6-8-29)27-20(30)17-9-13-3-4-15(31-2)10-16(13)28-17/h3-4,9-11,14,28H,5-8H2,1-2H3,(H,27,30). The highest BCUT2D eigenvalue weighted by molar-refractivity contribution is 5.98. The molecule has 2 aromatic heterocycles. The van der Waals surface area contributed by atoms with E-state index in [0.29, 0.717) is 37.4 Å². The first-order chi connectivity index (χ1) is 14.7. The Morgan fingerprint density at radius 2 is 1.94 bits per heavy atom. The van der Waals surface area contributed by atoms with Crippen LogP contribution in [0.25, 0.3) is 10.9 Å². The first kappa shape index (κ1) is 21.0. The minimum atomic E-state index is -4.52. The zero-order chi connectivity index (χ0) is 22.2. The molecule has 0 atom stereocenters. The van der Waals surface area contributed by atoms with Gasteiger partial charge in [-0.25, -0.2) is 9.97 Å². The van der Waals surface area contributed by atoms with Crippen LogP contribution in [0.5, 0.6) is 5.75 Å². The van der Waals surface area contributed by atoms with Crippen LogP contribution in [0.15, 0.2) is 30.3 Å². The van der Waals surface area contributed by atoms with Crippen molar-refractivity contribution in [3.05, 3.63) is 47.5 Å². The summed E-state index contributed by atoms with van der Waals surface area (Å²) in [6, 6.07) is 8.20. The summed E-state index contributed by atoms with van der Waals surface area (Å²) in [5, 5.41) is 3.91. The molecule has 0 spiro atoms. The topological polar surface area (TPSA) is 83.1 Å². The van der Waals surface area contributed by atoms with Gasteiger partial charge in [0.1, 0.15) is 28.8 Å². The van der Waals surface area contributed by atoms with Gasteiger partial charge in [-0.1, -0.05) is 0 Å². The third-order valence-electron chi connectivity index (χ3n) is 5.34. The predicted molar refractivity (Wildman–Crippen MR) is 109 cm³/mol. The molecule has 164 valence electrons. The van der Waals surface area contributed by atoms with Gasteiger partial charge in [-0.05, 0) is 38.0 Å². The fourth-order valence-corrected chi connectivity index (χ4v) is 3.73. The van der Waals surface area contributed by atoms with Gasteiger partial charge in [-0.15, -0.1) is 0 Å². The van der Waals surface area contributed by atoms with E-state index >= 15 is 0 Å². The third kappa shape index (κ3) is 4.57. The maximum absolute atomic E-state index is 13.0. The van der Waals surface area contributed by atoms with Gasteiger partial charge in [0.05, 0.1) is 7.11 Å². The molecule has 3 heterocycles. The van der Waals surface area contributed by atoms with E-state index in [1.165, 1.54) is 6.92 Å². The number of nitrogens with one attached hydrogen (secondary N) is 2. The number of fused-ring (bicyclic) bond motifs is 1. The van der Waals surface area contributed by atoms with Crippen molar-refractivity contribution in [3.63, 3.8) is 0 Å². The largest absolute Gasteiger partial charge is 0.497 e. The van der Waals surface area contributed by atoms with E-state index in [1.807, 2.05) is 18.2 Å². The Bertz CT molecular complexity index is 1100. The van der Waals surface area contributed by atoms with E-state index in [1.54, 1.807) is 18.1 Å². The number of aromatic nitrogens is 3. The molecule has 2 N–H and O–H groups in total. The van der Waals surface area contributed by atoms with Crippen LogP contribution in [0.1, 0.15) is 34.8 Å². The molecule has 31 heavy (non-hydrogen) atoms. The van der Waals surface area contributed by atoms with Crippen LogP contribution in [0.2, 0.25) is 0 Å². The van der Waals surface area contributed by atoms with Gasteiger partial charge in [0.2, 0.25) is 0 Å². The number of H-pyrrole nitrogens is 1. The normalized spacial score (nSPS) is 15.3. The van der Waals surface area contributed by atoms with E-state index < -0.39 is 11.9 Å². The molecule has 1 aliphatic heterocycles. The van der Waals surface area contributed by atoms with Gasteiger partial charge >= 0.3 is 6.18 Å². The summed E-state index contributed by atoms with van der Waals surface area (Å²) in [4.78, 5) is 25.2. The predicted octanol–water partition coefficient (Wildman–Crippen LogP) is 3.69. The van der Waals surface area contributed by atoms with Crippen LogP contribution >= 0.6 is 0 Å². The molecule has 1 saturated heterocycles. The molecule has 1 aromatic carbocycles. The summed E-state index contributed by atoms with van der Waals surface area (Å²) in [6.45, 7) is 2.42. The van der Waals surface area contributed by atoms with Crippen LogP contribution in [-0.2, 0) is 6.18 Å². The molecule has 0 bridgehead atoms. The number of hydrogen-bond acceptors (Lipinski definition) is 5. The maximum atomic E-state index is 13.0. The number of benzene rings is 1. The Hall–Kier alpha value is -3.30. The second kappa shape index (κ2) is 8.09. The van der Waals surface area contributed by atoms with E-state index in [4.69, 9.17) is 4.74 Å². The number of aryl methyl sites for hydroxylation is 1. The second-order valence-corrected chi connectivity index (χ2v) is 7.53. The number of nitrogens with zero attached hydrogens (tertiary/aromatic N) is 3. The monoisotopic (exact) mass is 433 g/mol. The molecule has 4 rings (SSSR count). The highest BCUT2D eigenvalue weighted by Crippen LogP contribution is 2.30. The molecule has 1 fully saturated rings. The lowest BCUT2D eigenvalue weighted by molar-refractivity contribution is -0.141. The zero-order valence-corrected chi connectivity index (χ0v) is 17.1. The quantitative estimate of drug-likeness (QED) is 0.656. The average Bonchev–Trinajstić information content (AvgIpc) is 3.16. The summed E-state index contributed by atoms with van der Waals surface area (Å²) in [7, 11) is 1.58. The minimum absolute atomic E-state index is 0.0743. The first-order valence-corrected chi connectivity index (χ1v) is 9.88. The second-order valence-electron chi connectivity index (χ2n) is 7.53. The smallest absolute Gasteiger partial charge is 0.433 e. The van der Waals surface area contributed by atoms with Crippen molar-refractivity contribution in [3.8, 4) is 5.75 Å². The molecule has 1 aliphatic rings. The molecule has 7 nitrogen and oxygen atoms in total. The number of carbonyl (C=O) groups excluding carboxylic acids is 1. The van der Waals surface area contributed by atoms with Crippen LogP contribution in [0.4, 0.5) is 19.0 Å². The van der Waals surface area contributed by atoms with E-state index in [9.17, 15) is 18.0 Å². The Kier molecular flexibility index (Phi) is 5.47. The molecule has 10 heteroatoms. The minimum Gasteiger partial charge on any atom is -0.497 e. The molecular formula is C21H22F3N5O2. The van der Waals surface area contributed by atoms with Crippen LogP contribution in [-0.4, -0.2) is 47.1 Å². The molecular weight excluding hydrogens is 411 g/mol. The van der Waals surface area contributed by atoms with Crippen molar-refractivity contribution >= 4 is 22.6 Å². The summed E-state index contributed by atoms with van der Waals surface area (Å²) >= 11 is 0. The van der Waals surface area contributed by atoms with E-state index in [-0.39, 0.29) is 23.6 Å². The number of carbonyl (C=O) groups is 1. The number of aromatic amines is 1. The van der Waals surface area contributed by atoms with Gasteiger partial charge in [0.25, 0.3) is 5.91 Å². The average molecular weight is 433 g/mol. The van der Waals surface area contributed by atoms with Crippen LogP contribution in [0, 0.1) is 6.92 Å². The van der Waals surface area contributed by atoms with Gasteiger partial charge in [-0.2, -0.15) is 13.2 Å². The van der Waals surface area contributed by atoms with E-state index in [2.05, 4.69) is 20.3 Å². The number of anilines is 1. The summed E-state index contributed by atoms with van der Waals surface area (Å²) < 4.78 is 44.3. The number of halogens is 3. The zero-order valence-electron chi connectivity index (χ0n) is 17.1. The van der Waals surface area contributed by atoms with Crippen molar-refractivity contribution < 1.29 is 22.7 Å². The molecule has 3 aromatic rings. The lowest BCUT2D eigenvalue weighted by atomic mass is 10.0. The van der Waals surface area contributed by atoms with Crippen molar-refractivity contribution in [2.45, 2.75) is 32.0 Å².